The second-order valence-corrected chi connectivity index (χ2v) is 3.58. The molecular formula is C10H18O2. The van der Waals surface area contributed by atoms with Crippen LogP contribution in [-0.4, -0.2) is 11.1 Å². The quantitative estimate of drug-likeness (QED) is 0.644. The largest absolute Gasteiger partial charge is 0.481 e. The summed E-state index contributed by atoms with van der Waals surface area (Å²) in [5.41, 5.74) is 1.19. The molecule has 0 spiro atoms. The maximum atomic E-state index is 10.2. The first kappa shape index (κ1) is 11.2. The molecule has 0 atom stereocenters. The van der Waals surface area contributed by atoms with E-state index in [-0.39, 0.29) is 6.42 Å². The number of allylic oxidation sites excluding steroid dienone is 1. The molecule has 12 heavy (non-hydrogen) atoms. The lowest BCUT2D eigenvalue weighted by atomic mass is 10.0. The molecule has 0 aromatic carbocycles. The average molecular weight is 170 g/mol. The number of aliphatic carboxylic acids is 1. The standard InChI is InChI=1S/C10H18O2/c1-8(2)4-5-9(3)6-7-10(11)12/h6,8H,4-5,7H2,1-3H3,(H,11,12). The third-order valence-electron chi connectivity index (χ3n) is 1.74. The Bertz CT molecular complexity index is 169. The number of hydrogen-bond donors (Lipinski definition) is 1. The van der Waals surface area contributed by atoms with Gasteiger partial charge in [0.05, 0.1) is 6.42 Å². The first-order valence-corrected chi connectivity index (χ1v) is 4.39. The van der Waals surface area contributed by atoms with E-state index in [1.54, 1.807) is 6.08 Å². The second-order valence-electron chi connectivity index (χ2n) is 3.58. The van der Waals surface area contributed by atoms with Crippen LogP contribution >= 0.6 is 0 Å². The Hall–Kier alpha value is -0.790. The number of hydrogen-bond acceptors (Lipinski definition) is 1. The van der Waals surface area contributed by atoms with Gasteiger partial charge in [0.2, 0.25) is 0 Å². The highest BCUT2D eigenvalue weighted by molar-refractivity contribution is 5.68. The lowest BCUT2D eigenvalue weighted by molar-refractivity contribution is -0.136. The molecule has 0 saturated carbocycles. The van der Waals surface area contributed by atoms with Crippen LogP contribution in [0.4, 0.5) is 0 Å². The molecule has 0 rings (SSSR count). The number of carboxylic acids is 1. The molecule has 0 aliphatic heterocycles. The van der Waals surface area contributed by atoms with E-state index in [1.165, 1.54) is 5.57 Å². The fraction of sp³-hybridized carbons (Fsp3) is 0.700. The Morgan fingerprint density at radius 2 is 2.08 bits per heavy atom. The zero-order valence-corrected chi connectivity index (χ0v) is 8.13. The van der Waals surface area contributed by atoms with Crippen molar-refractivity contribution in [2.75, 3.05) is 0 Å². The van der Waals surface area contributed by atoms with Crippen molar-refractivity contribution in [3.05, 3.63) is 11.6 Å². The molecule has 0 saturated heterocycles. The minimum Gasteiger partial charge on any atom is -0.481 e. The summed E-state index contributed by atoms with van der Waals surface area (Å²) < 4.78 is 0. The second kappa shape index (κ2) is 5.81. The van der Waals surface area contributed by atoms with Gasteiger partial charge in [0.1, 0.15) is 0 Å². The van der Waals surface area contributed by atoms with Gasteiger partial charge < -0.3 is 5.11 Å². The SMILES string of the molecule is CC(=CCC(=O)O)CCC(C)C. The van der Waals surface area contributed by atoms with Crippen molar-refractivity contribution >= 4 is 5.97 Å². The minimum atomic E-state index is -0.751. The third kappa shape index (κ3) is 7.32. The Balaban J connectivity index is 3.63. The van der Waals surface area contributed by atoms with Crippen LogP contribution in [0.1, 0.15) is 40.0 Å². The molecule has 0 amide bonds. The number of carbonyl (C=O) groups is 1. The van der Waals surface area contributed by atoms with Crippen LogP contribution in [0.5, 0.6) is 0 Å². The fourth-order valence-electron chi connectivity index (χ4n) is 0.880. The molecule has 0 aliphatic rings. The Morgan fingerprint density at radius 1 is 1.50 bits per heavy atom. The molecule has 0 unspecified atom stereocenters. The molecule has 70 valence electrons. The van der Waals surface area contributed by atoms with E-state index < -0.39 is 5.97 Å². The van der Waals surface area contributed by atoms with E-state index in [2.05, 4.69) is 13.8 Å². The summed E-state index contributed by atoms with van der Waals surface area (Å²) in [5.74, 6) is -0.0583. The molecule has 0 aliphatic carbocycles. The van der Waals surface area contributed by atoms with Gasteiger partial charge in [0.15, 0.2) is 0 Å². The van der Waals surface area contributed by atoms with Crippen molar-refractivity contribution in [3.63, 3.8) is 0 Å². The summed E-state index contributed by atoms with van der Waals surface area (Å²) in [6, 6.07) is 0. The maximum Gasteiger partial charge on any atom is 0.307 e. The predicted octanol–water partition coefficient (Wildman–Crippen LogP) is 2.84. The maximum absolute atomic E-state index is 10.2. The minimum absolute atomic E-state index is 0.157. The van der Waals surface area contributed by atoms with Crippen molar-refractivity contribution in [2.45, 2.75) is 40.0 Å². The van der Waals surface area contributed by atoms with Gasteiger partial charge in [-0.15, -0.1) is 0 Å². The van der Waals surface area contributed by atoms with Crippen LogP contribution in [0.2, 0.25) is 0 Å². The lowest BCUT2D eigenvalue weighted by Crippen LogP contribution is -1.92. The van der Waals surface area contributed by atoms with Crippen LogP contribution in [0, 0.1) is 5.92 Å². The summed E-state index contributed by atoms with van der Waals surface area (Å²) >= 11 is 0. The number of carboxylic acid groups (broad SMARTS) is 1. The van der Waals surface area contributed by atoms with Crippen LogP contribution < -0.4 is 0 Å². The van der Waals surface area contributed by atoms with Gasteiger partial charge in [-0.3, -0.25) is 4.79 Å². The number of rotatable bonds is 5. The van der Waals surface area contributed by atoms with E-state index >= 15 is 0 Å². The smallest absolute Gasteiger partial charge is 0.307 e. The topological polar surface area (TPSA) is 37.3 Å². The van der Waals surface area contributed by atoms with E-state index in [9.17, 15) is 4.79 Å². The molecule has 0 aromatic rings. The molecule has 0 radical (unpaired) electrons. The highest BCUT2D eigenvalue weighted by Gasteiger charge is 1.96. The fourth-order valence-corrected chi connectivity index (χ4v) is 0.880. The molecule has 2 heteroatoms. The van der Waals surface area contributed by atoms with Crippen molar-refractivity contribution in [3.8, 4) is 0 Å². The first-order chi connectivity index (χ1) is 5.52. The first-order valence-electron chi connectivity index (χ1n) is 4.39. The van der Waals surface area contributed by atoms with Crippen LogP contribution in [0.15, 0.2) is 11.6 Å². The summed E-state index contributed by atoms with van der Waals surface area (Å²) in [7, 11) is 0. The van der Waals surface area contributed by atoms with Crippen molar-refractivity contribution in [2.24, 2.45) is 5.92 Å². The zero-order valence-electron chi connectivity index (χ0n) is 8.13. The van der Waals surface area contributed by atoms with Gasteiger partial charge in [-0.2, -0.15) is 0 Å². The van der Waals surface area contributed by atoms with E-state index in [0.717, 1.165) is 12.8 Å². The zero-order chi connectivity index (χ0) is 9.56. The van der Waals surface area contributed by atoms with E-state index in [4.69, 9.17) is 5.11 Å². The van der Waals surface area contributed by atoms with Gasteiger partial charge in [-0.1, -0.05) is 25.5 Å². The molecule has 1 N–H and O–H groups in total. The van der Waals surface area contributed by atoms with Crippen LogP contribution in [0.25, 0.3) is 0 Å². The predicted molar refractivity (Wildman–Crippen MR) is 50.1 cm³/mol. The normalized spacial score (nSPS) is 12.2. The Kier molecular flexibility index (Phi) is 5.43. The summed E-state index contributed by atoms with van der Waals surface area (Å²) in [4.78, 5) is 10.2. The summed E-state index contributed by atoms with van der Waals surface area (Å²) in [6.07, 6.45) is 4.11. The Morgan fingerprint density at radius 3 is 2.50 bits per heavy atom. The monoisotopic (exact) mass is 170 g/mol. The van der Waals surface area contributed by atoms with E-state index in [0.29, 0.717) is 5.92 Å². The third-order valence-corrected chi connectivity index (χ3v) is 1.74. The molecule has 2 nitrogen and oxygen atoms in total. The van der Waals surface area contributed by atoms with Crippen LogP contribution in [0.3, 0.4) is 0 Å². The van der Waals surface area contributed by atoms with Gasteiger partial charge in [0.25, 0.3) is 0 Å². The van der Waals surface area contributed by atoms with Gasteiger partial charge in [-0.05, 0) is 25.7 Å². The molecule has 0 aromatic heterocycles. The summed E-state index contributed by atoms with van der Waals surface area (Å²) in [5, 5.41) is 8.40. The van der Waals surface area contributed by atoms with E-state index in [1.807, 2.05) is 6.92 Å². The van der Waals surface area contributed by atoms with Gasteiger partial charge >= 0.3 is 5.97 Å². The average Bonchev–Trinajstić information content (AvgIpc) is 1.96. The molecule has 0 bridgehead atoms. The van der Waals surface area contributed by atoms with Crippen molar-refractivity contribution < 1.29 is 9.90 Å². The van der Waals surface area contributed by atoms with Crippen LogP contribution in [-0.2, 0) is 4.79 Å². The molecular weight excluding hydrogens is 152 g/mol. The van der Waals surface area contributed by atoms with Gasteiger partial charge in [-0.25, -0.2) is 0 Å². The van der Waals surface area contributed by atoms with Gasteiger partial charge in [0, 0.05) is 0 Å². The summed E-state index contributed by atoms with van der Waals surface area (Å²) in [6.45, 7) is 6.33. The Labute approximate surface area is 74.3 Å². The lowest BCUT2D eigenvalue weighted by Gasteiger charge is -2.03. The molecule has 0 fully saturated rings. The van der Waals surface area contributed by atoms with Crippen molar-refractivity contribution in [1.29, 1.82) is 0 Å². The molecule has 0 heterocycles. The highest BCUT2D eigenvalue weighted by atomic mass is 16.4. The highest BCUT2D eigenvalue weighted by Crippen LogP contribution is 2.10. The van der Waals surface area contributed by atoms with Crippen molar-refractivity contribution in [1.82, 2.24) is 0 Å².